The molecule has 0 saturated heterocycles. The molecule has 1 heterocycles. The average Bonchev–Trinajstić information content (AvgIpc) is 2.92. The molecule has 0 aliphatic carbocycles. The lowest BCUT2D eigenvalue weighted by molar-refractivity contribution is -0.120. The zero-order valence-electron chi connectivity index (χ0n) is 13.0. The number of thiazole rings is 1. The fourth-order valence-corrected chi connectivity index (χ4v) is 3.28. The van der Waals surface area contributed by atoms with Gasteiger partial charge in [-0.15, -0.1) is 36.2 Å². The maximum absolute atomic E-state index is 11.8. The molecule has 1 aromatic heterocycles. The lowest BCUT2D eigenvalue weighted by Gasteiger charge is -2.04. The predicted molar refractivity (Wildman–Crippen MR) is 107 cm³/mol. The summed E-state index contributed by atoms with van der Waals surface area (Å²) in [5.74, 6) is -0.0306. The third kappa shape index (κ3) is 7.13. The molecule has 0 bridgehead atoms. The van der Waals surface area contributed by atoms with Crippen molar-refractivity contribution in [2.24, 2.45) is 0 Å². The van der Waals surface area contributed by atoms with Crippen LogP contribution in [0.25, 0.3) is 10.6 Å². The third-order valence-electron chi connectivity index (χ3n) is 2.93. The molecule has 24 heavy (non-hydrogen) atoms. The number of carbonyl (C=O) groups excluding carboxylic acids is 1. The molecule has 4 nitrogen and oxygen atoms in total. The van der Waals surface area contributed by atoms with Crippen LogP contribution in [-0.4, -0.2) is 30.5 Å². The molecule has 0 spiro atoms. The highest BCUT2D eigenvalue weighted by Gasteiger charge is 2.11. The minimum Gasteiger partial charge on any atom is -0.354 e. The summed E-state index contributed by atoms with van der Waals surface area (Å²) < 4.78 is 0. The van der Waals surface area contributed by atoms with E-state index in [1.165, 1.54) is 11.3 Å². The van der Waals surface area contributed by atoms with Crippen LogP contribution in [0.2, 0.25) is 10.0 Å². The van der Waals surface area contributed by atoms with Crippen molar-refractivity contribution in [3.8, 4) is 10.6 Å². The van der Waals surface area contributed by atoms with Crippen LogP contribution in [0, 0.1) is 0 Å². The number of halogens is 4. The second kappa shape index (κ2) is 11.9. The molecule has 0 saturated carbocycles. The van der Waals surface area contributed by atoms with Crippen molar-refractivity contribution in [2.75, 3.05) is 19.6 Å². The summed E-state index contributed by atoms with van der Waals surface area (Å²) in [5.41, 5.74) is 1.57. The number of rotatable bonds is 7. The summed E-state index contributed by atoms with van der Waals surface area (Å²) in [6.45, 7) is 4.31. The average molecular weight is 431 g/mol. The summed E-state index contributed by atoms with van der Waals surface area (Å²) in [5, 5.41) is 9.82. The van der Waals surface area contributed by atoms with Gasteiger partial charge in [0.25, 0.3) is 0 Å². The summed E-state index contributed by atoms with van der Waals surface area (Å²) in [6, 6.07) is 5.30. The number of aromatic nitrogens is 1. The van der Waals surface area contributed by atoms with Gasteiger partial charge in [-0.1, -0.05) is 30.1 Å². The van der Waals surface area contributed by atoms with Crippen molar-refractivity contribution >= 4 is 65.3 Å². The van der Waals surface area contributed by atoms with Crippen LogP contribution in [0.5, 0.6) is 0 Å². The third-order valence-corrected chi connectivity index (χ3v) is 4.40. The quantitative estimate of drug-likeness (QED) is 0.646. The van der Waals surface area contributed by atoms with E-state index in [4.69, 9.17) is 23.2 Å². The summed E-state index contributed by atoms with van der Waals surface area (Å²) in [7, 11) is 0. The number of nitrogens with one attached hydrogen (secondary N) is 2. The van der Waals surface area contributed by atoms with E-state index in [0.717, 1.165) is 29.4 Å². The van der Waals surface area contributed by atoms with Crippen molar-refractivity contribution in [1.82, 2.24) is 15.6 Å². The van der Waals surface area contributed by atoms with Gasteiger partial charge in [0, 0.05) is 29.1 Å². The fourth-order valence-electron chi connectivity index (χ4n) is 1.87. The molecule has 1 amide bonds. The first kappa shape index (κ1) is 23.4. The van der Waals surface area contributed by atoms with Crippen molar-refractivity contribution in [1.29, 1.82) is 0 Å². The lowest BCUT2D eigenvalue weighted by Crippen LogP contribution is -2.32. The van der Waals surface area contributed by atoms with Gasteiger partial charge in [-0.05, 0) is 24.7 Å². The Morgan fingerprint density at radius 3 is 2.67 bits per heavy atom. The van der Waals surface area contributed by atoms with Gasteiger partial charge in [0.1, 0.15) is 5.01 Å². The number of amides is 1. The highest BCUT2D eigenvalue weighted by Crippen LogP contribution is 2.32. The van der Waals surface area contributed by atoms with Gasteiger partial charge in [0.2, 0.25) is 5.91 Å². The molecule has 0 aliphatic heterocycles. The number of hydrogen-bond donors (Lipinski definition) is 2. The van der Waals surface area contributed by atoms with Crippen molar-refractivity contribution in [3.63, 3.8) is 0 Å². The van der Waals surface area contributed by atoms with Crippen molar-refractivity contribution < 1.29 is 4.79 Å². The molecule has 0 radical (unpaired) electrons. The zero-order chi connectivity index (χ0) is 15.9. The second-order valence-corrected chi connectivity index (χ2v) is 6.35. The number of hydrogen-bond acceptors (Lipinski definition) is 4. The molecule has 0 fully saturated rings. The molecule has 1 aromatic carbocycles. The van der Waals surface area contributed by atoms with E-state index in [0.29, 0.717) is 16.6 Å². The highest BCUT2D eigenvalue weighted by molar-refractivity contribution is 7.13. The first-order valence-corrected chi connectivity index (χ1v) is 8.61. The largest absolute Gasteiger partial charge is 0.354 e. The molecule has 9 heteroatoms. The topological polar surface area (TPSA) is 54.0 Å². The van der Waals surface area contributed by atoms with Crippen LogP contribution in [0.1, 0.15) is 12.6 Å². The zero-order valence-corrected chi connectivity index (χ0v) is 16.9. The molecule has 0 aliphatic rings. The fraction of sp³-hybridized carbons (Fsp3) is 0.333. The van der Waals surface area contributed by atoms with E-state index >= 15 is 0 Å². The monoisotopic (exact) mass is 429 g/mol. The van der Waals surface area contributed by atoms with Gasteiger partial charge < -0.3 is 10.6 Å². The van der Waals surface area contributed by atoms with E-state index in [2.05, 4.69) is 15.6 Å². The van der Waals surface area contributed by atoms with Gasteiger partial charge in [0.15, 0.2) is 0 Å². The Balaban J connectivity index is 0.00000264. The molecule has 0 atom stereocenters. The van der Waals surface area contributed by atoms with Crippen LogP contribution in [-0.2, 0) is 11.2 Å². The minimum atomic E-state index is -0.0306. The smallest absolute Gasteiger partial charge is 0.226 e. The Bertz CT molecular complexity index is 651. The Morgan fingerprint density at radius 1 is 1.25 bits per heavy atom. The number of nitrogens with zero attached hydrogens (tertiary/aromatic N) is 1. The molecule has 2 rings (SSSR count). The molecular weight excluding hydrogens is 412 g/mol. The Labute approximate surface area is 168 Å². The molecule has 0 unspecified atom stereocenters. The summed E-state index contributed by atoms with van der Waals surface area (Å²) >= 11 is 13.5. The predicted octanol–water partition coefficient (Wildman–Crippen LogP) is 4.23. The van der Waals surface area contributed by atoms with E-state index in [1.54, 1.807) is 12.1 Å². The normalized spacial score (nSPS) is 9.79. The van der Waals surface area contributed by atoms with Gasteiger partial charge >= 0.3 is 0 Å². The Hall–Kier alpha value is -0.560. The van der Waals surface area contributed by atoms with E-state index < -0.39 is 0 Å². The van der Waals surface area contributed by atoms with Crippen molar-refractivity contribution in [3.05, 3.63) is 39.3 Å². The van der Waals surface area contributed by atoms with E-state index in [1.807, 2.05) is 18.4 Å². The Kier molecular flexibility index (Phi) is 11.6. The maximum atomic E-state index is 11.8. The standard InChI is InChI=1S/C15H17Cl2N3OS.2ClH/c1-2-18-5-6-19-14(21)8-11-9-22-15(20-11)12-4-3-10(16)7-13(12)17;;/h3-4,7,9,18H,2,5-6,8H2,1H3,(H,19,21);2*1H. The second-order valence-electron chi connectivity index (χ2n) is 4.65. The van der Waals surface area contributed by atoms with Crippen LogP contribution >= 0.6 is 59.4 Å². The van der Waals surface area contributed by atoms with Crippen LogP contribution in [0.15, 0.2) is 23.6 Å². The van der Waals surface area contributed by atoms with Gasteiger partial charge in [-0.3, -0.25) is 4.79 Å². The van der Waals surface area contributed by atoms with Gasteiger partial charge in [-0.2, -0.15) is 0 Å². The highest BCUT2D eigenvalue weighted by atomic mass is 35.5. The SMILES string of the molecule is CCNCCNC(=O)Cc1csc(-c2ccc(Cl)cc2Cl)n1.Cl.Cl. The first-order valence-electron chi connectivity index (χ1n) is 6.97. The van der Waals surface area contributed by atoms with Crippen LogP contribution in [0.4, 0.5) is 0 Å². The number of likely N-dealkylation sites (N-methyl/N-ethyl adjacent to an activating group) is 1. The molecule has 134 valence electrons. The number of carbonyl (C=O) groups is 1. The van der Waals surface area contributed by atoms with Gasteiger partial charge in [0.05, 0.1) is 17.1 Å². The lowest BCUT2D eigenvalue weighted by atomic mass is 10.2. The van der Waals surface area contributed by atoms with Crippen molar-refractivity contribution in [2.45, 2.75) is 13.3 Å². The van der Waals surface area contributed by atoms with Crippen LogP contribution < -0.4 is 10.6 Å². The van der Waals surface area contributed by atoms with Crippen LogP contribution in [0.3, 0.4) is 0 Å². The minimum absolute atomic E-state index is 0. The number of benzene rings is 1. The molecular formula is C15H19Cl4N3OS. The molecule has 2 aromatic rings. The maximum Gasteiger partial charge on any atom is 0.226 e. The summed E-state index contributed by atoms with van der Waals surface area (Å²) in [6.07, 6.45) is 0.272. The van der Waals surface area contributed by atoms with E-state index in [-0.39, 0.29) is 37.1 Å². The van der Waals surface area contributed by atoms with Gasteiger partial charge in [-0.25, -0.2) is 4.98 Å². The van der Waals surface area contributed by atoms with E-state index in [9.17, 15) is 4.79 Å². The summed E-state index contributed by atoms with van der Waals surface area (Å²) in [4.78, 5) is 16.3. The Morgan fingerprint density at radius 2 is 2.00 bits per heavy atom. The first-order chi connectivity index (χ1) is 10.6. The molecule has 2 N–H and O–H groups in total.